The van der Waals surface area contributed by atoms with Crippen molar-refractivity contribution in [3.63, 3.8) is 0 Å². The van der Waals surface area contributed by atoms with Gasteiger partial charge in [0.15, 0.2) is 0 Å². The van der Waals surface area contributed by atoms with Crippen molar-refractivity contribution in [2.75, 3.05) is 10.2 Å². The first-order valence-corrected chi connectivity index (χ1v) is 21.7. The Bertz CT molecular complexity index is 2130. The van der Waals surface area contributed by atoms with Crippen molar-refractivity contribution in [1.82, 2.24) is 0 Å². The van der Waals surface area contributed by atoms with Gasteiger partial charge in [-0.3, -0.25) is 0 Å². The minimum Gasteiger partial charge on any atom is -0.354 e. The monoisotopic (exact) mass is 760 g/mol. The molecule has 0 heterocycles. The second-order valence-corrected chi connectivity index (χ2v) is 15.9. The van der Waals surface area contributed by atoms with E-state index in [-0.39, 0.29) is 0 Å². The molecule has 6 aromatic carbocycles. The van der Waals surface area contributed by atoms with Gasteiger partial charge in [-0.1, -0.05) is 144 Å². The Kier molecular flexibility index (Phi) is 14.9. The molecule has 3 heteroatoms. The Hall–Kier alpha value is -4.79. The fourth-order valence-corrected chi connectivity index (χ4v) is 7.86. The predicted octanol–water partition coefficient (Wildman–Crippen LogP) is 16.6. The number of anilines is 5. The van der Waals surface area contributed by atoms with Crippen molar-refractivity contribution in [1.29, 1.82) is 0 Å². The largest absolute Gasteiger partial charge is 0.354 e. The van der Waals surface area contributed by atoms with Crippen LogP contribution in [0.3, 0.4) is 0 Å². The van der Waals surface area contributed by atoms with E-state index >= 15 is 0 Å². The molecule has 0 radical (unpaired) electrons. The molecule has 56 heavy (non-hydrogen) atoms. The molecule has 0 bridgehead atoms. The molecule has 0 unspecified atom stereocenters. The smallest absolute Gasteiger partial charge is 0.0881 e. The van der Waals surface area contributed by atoms with Crippen molar-refractivity contribution in [3.05, 3.63) is 160 Å². The number of unbranched alkanes of at least 4 members (excludes halogenated alkanes) is 4. The summed E-state index contributed by atoms with van der Waals surface area (Å²) >= 11 is 7.69. The van der Waals surface area contributed by atoms with Crippen molar-refractivity contribution in [2.24, 2.45) is 0 Å². The SMILES string of the molecule is CCCCc1ccc(-c2cc(CCCC)ccc2Nc2cc(C)cc(N(c3ccc(CCCC)cc3)c3ccc(CCCC)cc3-c3ccccc3)c2Cl)cc1. The summed E-state index contributed by atoms with van der Waals surface area (Å²) in [4.78, 5) is 2.37. The molecule has 6 rings (SSSR count). The summed E-state index contributed by atoms with van der Waals surface area (Å²) in [5, 5.41) is 4.55. The van der Waals surface area contributed by atoms with Gasteiger partial charge in [-0.05, 0) is 146 Å². The maximum Gasteiger partial charge on any atom is 0.0881 e. The van der Waals surface area contributed by atoms with Gasteiger partial charge in [0.2, 0.25) is 0 Å². The van der Waals surface area contributed by atoms with E-state index in [4.69, 9.17) is 11.6 Å². The first-order chi connectivity index (χ1) is 27.4. The molecule has 0 atom stereocenters. The fraction of sp³-hybridized carbons (Fsp3) is 0.321. The highest BCUT2D eigenvalue weighted by molar-refractivity contribution is 6.36. The highest BCUT2D eigenvalue weighted by Gasteiger charge is 2.23. The van der Waals surface area contributed by atoms with Crippen molar-refractivity contribution >= 4 is 40.0 Å². The number of hydrogen-bond donors (Lipinski definition) is 1. The Labute approximate surface area is 343 Å². The number of hydrogen-bond acceptors (Lipinski definition) is 2. The van der Waals surface area contributed by atoms with Crippen LogP contribution in [0.25, 0.3) is 22.3 Å². The third-order valence-electron chi connectivity index (χ3n) is 10.9. The van der Waals surface area contributed by atoms with E-state index in [2.05, 4.69) is 172 Å². The number of benzene rings is 6. The number of halogens is 1. The lowest BCUT2D eigenvalue weighted by Gasteiger charge is -2.30. The van der Waals surface area contributed by atoms with E-state index in [1.165, 1.54) is 95.9 Å². The van der Waals surface area contributed by atoms with Gasteiger partial charge >= 0.3 is 0 Å². The van der Waals surface area contributed by atoms with Crippen LogP contribution >= 0.6 is 11.6 Å². The van der Waals surface area contributed by atoms with Gasteiger partial charge in [-0.25, -0.2) is 0 Å². The van der Waals surface area contributed by atoms with Gasteiger partial charge in [-0.2, -0.15) is 0 Å². The van der Waals surface area contributed by atoms with Gasteiger partial charge in [0, 0.05) is 22.5 Å². The molecule has 0 aliphatic rings. The zero-order chi connectivity index (χ0) is 39.3. The van der Waals surface area contributed by atoms with Crippen molar-refractivity contribution in [3.8, 4) is 22.3 Å². The highest BCUT2D eigenvalue weighted by Crippen LogP contribution is 2.47. The Balaban J connectivity index is 1.49. The molecule has 0 saturated carbocycles. The summed E-state index contributed by atoms with van der Waals surface area (Å²) in [6.07, 6.45) is 13.8. The molecule has 0 amide bonds. The fourth-order valence-electron chi connectivity index (χ4n) is 7.62. The zero-order valence-electron chi connectivity index (χ0n) is 34.4. The zero-order valence-corrected chi connectivity index (χ0v) is 35.2. The van der Waals surface area contributed by atoms with Crippen LogP contribution in [0.5, 0.6) is 0 Å². The standard InChI is InChI=1S/C53H61ClN2/c1-6-10-17-40-23-29-45(30-24-40)47-37-42(19-12-8-3)27-33-49(47)55-50-35-39(5)36-52(53(50)54)56(46-31-25-41(26-32-46)18-11-7-2)51-34-28-43(20-13-9-4)38-48(51)44-21-15-14-16-22-44/h14-16,21-38,55H,6-13,17-20H2,1-5H3. The van der Waals surface area contributed by atoms with Gasteiger partial charge in [0.1, 0.15) is 0 Å². The molecule has 0 saturated heterocycles. The van der Waals surface area contributed by atoms with Gasteiger partial charge < -0.3 is 10.2 Å². The normalized spacial score (nSPS) is 11.2. The third kappa shape index (κ3) is 10.3. The molecule has 0 fully saturated rings. The second kappa shape index (κ2) is 20.4. The Morgan fingerprint density at radius 3 is 1.55 bits per heavy atom. The van der Waals surface area contributed by atoms with Crippen LogP contribution in [0.4, 0.5) is 28.4 Å². The first-order valence-electron chi connectivity index (χ1n) is 21.3. The minimum absolute atomic E-state index is 0.690. The number of nitrogens with zero attached hydrogens (tertiary/aromatic N) is 1. The summed E-state index contributed by atoms with van der Waals surface area (Å²) in [6, 6.07) is 47.5. The van der Waals surface area contributed by atoms with E-state index in [1.807, 2.05) is 0 Å². The number of aryl methyl sites for hydroxylation is 5. The van der Waals surface area contributed by atoms with Crippen LogP contribution in [0, 0.1) is 6.92 Å². The average molecular weight is 762 g/mol. The van der Waals surface area contributed by atoms with Crippen LogP contribution in [-0.2, 0) is 25.7 Å². The topological polar surface area (TPSA) is 15.3 Å². The maximum absolute atomic E-state index is 7.69. The quantitative estimate of drug-likeness (QED) is 0.0884. The molecule has 0 aromatic heterocycles. The summed E-state index contributed by atoms with van der Waals surface area (Å²) in [7, 11) is 0. The summed E-state index contributed by atoms with van der Waals surface area (Å²) in [5.41, 5.74) is 16.5. The van der Waals surface area contributed by atoms with E-state index in [0.717, 1.165) is 59.7 Å². The average Bonchev–Trinajstić information content (AvgIpc) is 3.23. The lowest BCUT2D eigenvalue weighted by Crippen LogP contribution is -2.13. The Morgan fingerprint density at radius 1 is 0.464 bits per heavy atom. The van der Waals surface area contributed by atoms with Crippen molar-refractivity contribution < 1.29 is 0 Å². The number of nitrogens with one attached hydrogen (secondary N) is 1. The molecule has 2 nitrogen and oxygen atoms in total. The van der Waals surface area contributed by atoms with Crippen LogP contribution in [0.2, 0.25) is 5.02 Å². The molecule has 0 spiro atoms. The predicted molar refractivity (Wildman–Crippen MR) is 246 cm³/mol. The highest BCUT2D eigenvalue weighted by atomic mass is 35.5. The van der Waals surface area contributed by atoms with Crippen LogP contribution in [0.15, 0.2) is 127 Å². The summed E-state index contributed by atoms with van der Waals surface area (Å²) < 4.78 is 0. The van der Waals surface area contributed by atoms with Crippen LogP contribution in [0.1, 0.15) is 107 Å². The van der Waals surface area contributed by atoms with E-state index in [1.54, 1.807) is 0 Å². The summed E-state index contributed by atoms with van der Waals surface area (Å²) in [6.45, 7) is 11.2. The maximum atomic E-state index is 7.69. The second-order valence-electron chi connectivity index (χ2n) is 15.5. The van der Waals surface area contributed by atoms with E-state index in [9.17, 15) is 0 Å². The van der Waals surface area contributed by atoms with Gasteiger partial charge in [0.25, 0.3) is 0 Å². The molecule has 290 valence electrons. The van der Waals surface area contributed by atoms with E-state index in [0.29, 0.717) is 5.02 Å². The van der Waals surface area contributed by atoms with Gasteiger partial charge in [-0.15, -0.1) is 0 Å². The molecule has 0 aliphatic carbocycles. The third-order valence-corrected chi connectivity index (χ3v) is 11.3. The first kappa shape index (κ1) is 40.9. The van der Waals surface area contributed by atoms with Crippen molar-refractivity contribution in [2.45, 2.75) is 112 Å². The minimum atomic E-state index is 0.690. The van der Waals surface area contributed by atoms with Crippen LogP contribution < -0.4 is 10.2 Å². The van der Waals surface area contributed by atoms with Gasteiger partial charge in [0.05, 0.1) is 22.1 Å². The molecule has 6 aromatic rings. The molecule has 1 N–H and O–H groups in total. The molecule has 0 aliphatic heterocycles. The van der Waals surface area contributed by atoms with E-state index < -0.39 is 0 Å². The lowest BCUT2D eigenvalue weighted by molar-refractivity contribution is 0.795. The molecular weight excluding hydrogens is 700 g/mol. The Morgan fingerprint density at radius 2 is 0.964 bits per heavy atom. The van der Waals surface area contributed by atoms with Crippen LogP contribution in [-0.4, -0.2) is 0 Å². The molecular formula is C53H61ClN2. The lowest BCUT2D eigenvalue weighted by atomic mass is 9.96. The number of rotatable bonds is 19. The summed E-state index contributed by atoms with van der Waals surface area (Å²) in [5.74, 6) is 0.